The molecule has 1 amide bonds. The van der Waals surface area contributed by atoms with Gasteiger partial charge < -0.3 is 47.9 Å². The highest BCUT2D eigenvalue weighted by atomic mass is 16.6. The van der Waals surface area contributed by atoms with Gasteiger partial charge in [-0.15, -0.1) is 0 Å². The topological polar surface area (TPSA) is 146 Å². The van der Waals surface area contributed by atoms with Crippen LogP contribution >= 0.6 is 0 Å². The molecule has 0 aliphatic carbocycles. The average molecular weight is 560 g/mol. The summed E-state index contributed by atoms with van der Waals surface area (Å²) in [5.41, 5.74) is 0.763. The number of rotatable bonds is 24. The molecule has 1 aromatic rings. The molecule has 13 heteroatoms. The molecular formula is C26H41NO12. The van der Waals surface area contributed by atoms with Crippen molar-refractivity contribution in [3.8, 4) is 0 Å². The molecule has 0 aliphatic rings. The lowest BCUT2D eigenvalue weighted by atomic mass is 10.2. The minimum atomic E-state index is -1.31. The third-order valence-electron chi connectivity index (χ3n) is 4.73. The SMILES string of the molecule is COCCOCCOCCOC(=O)C[C@H](NC(=O)OCc1ccccc1)C(=O)OCCOCCOCCOC. The molecule has 0 heterocycles. The Kier molecular flexibility index (Phi) is 21.3. The van der Waals surface area contributed by atoms with Crippen LogP contribution in [0, 0.1) is 0 Å². The number of hydrogen-bond donors (Lipinski definition) is 1. The highest BCUT2D eigenvalue weighted by molar-refractivity contribution is 5.86. The molecule has 222 valence electrons. The number of amides is 1. The Balaban J connectivity index is 2.40. The number of nitrogens with one attached hydrogen (secondary N) is 1. The molecular weight excluding hydrogens is 518 g/mol. The Morgan fingerprint density at radius 2 is 1.13 bits per heavy atom. The lowest BCUT2D eigenvalue weighted by molar-refractivity contribution is -0.154. The van der Waals surface area contributed by atoms with Gasteiger partial charge >= 0.3 is 18.0 Å². The van der Waals surface area contributed by atoms with E-state index in [4.69, 9.17) is 42.6 Å². The fourth-order valence-corrected chi connectivity index (χ4v) is 2.77. The molecule has 1 atom stereocenters. The van der Waals surface area contributed by atoms with Crippen LogP contribution in [0.4, 0.5) is 4.79 Å². The van der Waals surface area contributed by atoms with E-state index in [1.165, 1.54) is 0 Å². The summed E-state index contributed by atoms with van der Waals surface area (Å²) in [6.45, 7) is 3.41. The Morgan fingerprint density at radius 3 is 1.67 bits per heavy atom. The van der Waals surface area contributed by atoms with Gasteiger partial charge in [-0.3, -0.25) is 4.79 Å². The van der Waals surface area contributed by atoms with Crippen molar-refractivity contribution in [3.63, 3.8) is 0 Å². The molecule has 13 nitrogen and oxygen atoms in total. The van der Waals surface area contributed by atoms with E-state index in [2.05, 4.69) is 5.32 Å². The molecule has 1 aromatic carbocycles. The minimum Gasteiger partial charge on any atom is -0.463 e. The van der Waals surface area contributed by atoms with Gasteiger partial charge in [0.2, 0.25) is 0 Å². The number of ether oxygens (including phenoxy) is 9. The fraction of sp³-hybridized carbons (Fsp3) is 0.654. The van der Waals surface area contributed by atoms with E-state index >= 15 is 0 Å². The maximum Gasteiger partial charge on any atom is 0.408 e. The van der Waals surface area contributed by atoms with Crippen molar-refractivity contribution in [2.24, 2.45) is 0 Å². The third kappa shape index (κ3) is 19.9. The van der Waals surface area contributed by atoms with Gasteiger partial charge in [0.15, 0.2) is 0 Å². The molecule has 39 heavy (non-hydrogen) atoms. The summed E-state index contributed by atoms with van der Waals surface area (Å²) in [7, 11) is 3.16. The number of carbonyl (C=O) groups is 3. The van der Waals surface area contributed by atoms with Crippen LogP contribution in [0.3, 0.4) is 0 Å². The first kappa shape index (κ1) is 34.2. The van der Waals surface area contributed by atoms with Crippen molar-refractivity contribution in [1.82, 2.24) is 5.32 Å². The first-order valence-electron chi connectivity index (χ1n) is 12.6. The molecule has 0 aromatic heterocycles. The second-order valence-electron chi connectivity index (χ2n) is 7.79. The van der Waals surface area contributed by atoms with Gasteiger partial charge in [-0.2, -0.15) is 0 Å². The van der Waals surface area contributed by atoms with Crippen LogP contribution in [-0.4, -0.2) is 118 Å². The monoisotopic (exact) mass is 559 g/mol. The molecule has 0 aliphatic heterocycles. The summed E-state index contributed by atoms with van der Waals surface area (Å²) >= 11 is 0. The largest absolute Gasteiger partial charge is 0.463 e. The predicted octanol–water partition coefficient (Wildman–Crippen LogP) is 1.12. The standard InChI is InChI=1S/C26H41NO12/c1-31-8-10-33-12-14-35-16-18-37-24(28)20-23(27-26(30)39-21-22-6-4-3-5-7-22)25(29)38-19-17-36-15-13-34-11-9-32-2/h3-7,23H,8-21H2,1-2H3,(H,27,30)/t23-/m0/s1. The second-order valence-corrected chi connectivity index (χ2v) is 7.79. The van der Waals surface area contributed by atoms with Gasteiger partial charge in [-0.25, -0.2) is 9.59 Å². The van der Waals surface area contributed by atoms with Gasteiger partial charge in [0.05, 0.1) is 72.5 Å². The number of methoxy groups -OCH3 is 2. The van der Waals surface area contributed by atoms with Crippen LogP contribution in [0.1, 0.15) is 12.0 Å². The molecule has 0 saturated heterocycles. The van der Waals surface area contributed by atoms with Crippen LogP contribution in [0.15, 0.2) is 30.3 Å². The van der Waals surface area contributed by atoms with Gasteiger partial charge in [0.1, 0.15) is 25.9 Å². The Labute approximate surface area is 229 Å². The zero-order valence-corrected chi connectivity index (χ0v) is 22.8. The van der Waals surface area contributed by atoms with E-state index < -0.39 is 30.5 Å². The summed E-state index contributed by atoms with van der Waals surface area (Å²) in [4.78, 5) is 37.1. The summed E-state index contributed by atoms with van der Waals surface area (Å²) < 4.78 is 46.3. The predicted molar refractivity (Wildman–Crippen MR) is 137 cm³/mol. The van der Waals surface area contributed by atoms with E-state index in [1.807, 2.05) is 6.07 Å². The molecule has 0 saturated carbocycles. The zero-order chi connectivity index (χ0) is 28.4. The van der Waals surface area contributed by atoms with E-state index in [0.717, 1.165) is 5.56 Å². The van der Waals surface area contributed by atoms with Crippen LogP contribution in [-0.2, 0) is 58.8 Å². The van der Waals surface area contributed by atoms with Crippen molar-refractivity contribution in [1.29, 1.82) is 0 Å². The lowest BCUT2D eigenvalue weighted by Gasteiger charge is -2.17. The van der Waals surface area contributed by atoms with Crippen LogP contribution < -0.4 is 5.32 Å². The van der Waals surface area contributed by atoms with Gasteiger partial charge in [0, 0.05) is 14.2 Å². The average Bonchev–Trinajstić information content (AvgIpc) is 2.94. The normalized spacial score (nSPS) is 11.5. The third-order valence-corrected chi connectivity index (χ3v) is 4.73. The van der Waals surface area contributed by atoms with E-state index in [0.29, 0.717) is 52.9 Å². The number of carbonyl (C=O) groups excluding carboxylic acids is 3. The van der Waals surface area contributed by atoms with Crippen LogP contribution in [0.25, 0.3) is 0 Å². The Bertz CT molecular complexity index is 765. The zero-order valence-electron chi connectivity index (χ0n) is 22.8. The quantitative estimate of drug-likeness (QED) is 0.110. The highest BCUT2D eigenvalue weighted by Gasteiger charge is 2.27. The van der Waals surface area contributed by atoms with Crippen LogP contribution in [0.5, 0.6) is 0 Å². The number of esters is 2. The lowest BCUT2D eigenvalue weighted by Crippen LogP contribution is -2.44. The minimum absolute atomic E-state index is 0.00823. The smallest absolute Gasteiger partial charge is 0.408 e. The number of alkyl carbamates (subject to hydrolysis) is 1. The molecule has 0 spiro atoms. The second kappa shape index (κ2) is 24.2. The summed E-state index contributed by atoms with van der Waals surface area (Å²) in [5.74, 6) is -1.54. The molecule has 0 radical (unpaired) electrons. The first-order chi connectivity index (χ1) is 19.1. The van der Waals surface area contributed by atoms with Gasteiger partial charge in [-0.1, -0.05) is 30.3 Å². The molecule has 0 fully saturated rings. The Morgan fingerprint density at radius 1 is 0.641 bits per heavy atom. The summed E-state index contributed by atoms with van der Waals surface area (Å²) in [5, 5.41) is 2.37. The molecule has 1 N–H and O–H groups in total. The van der Waals surface area contributed by atoms with E-state index in [-0.39, 0.29) is 33.0 Å². The number of hydrogen-bond acceptors (Lipinski definition) is 12. The van der Waals surface area contributed by atoms with Gasteiger partial charge in [0.25, 0.3) is 0 Å². The molecule has 0 bridgehead atoms. The summed E-state index contributed by atoms with van der Waals surface area (Å²) in [6, 6.07) is 7.70. The van der Waals surface area contributed by atoms with Crippen molar-refractivity contribution >= 4 is 18.0 Å². The maximum absolute atomic E-state index is 12.6. The Hall–Kier alpha value is -2.81. The van der Waals surface area contributed by atoms with Crippen molar-refractivity contribution in [2.75, 3.05) is 93.5 Å². The fourth-order valence-electron chi connectivity index (χ4n) is 2.77. The first-order valence-corrected chi connectivity index (χ1v) is 12.6. The van der Waals surface area contributed by atoms with E-state index in [1.54, 1.807) is 38.5 Å². The summed E-state index contributed by atoms with van der Waals surface area (Å²) in [6.07, 6.45) is -1.33. The van der Waals surface area contributed by atoms with Crippen molar-refractivity contribution in [2.45, 2.75) is 19.1 Å². The number of benzene rings is 1. The van der Waals surface area contributed by atoms with Crippen LogP contribution in [0.2, 0.25) is 0 Å². The molecule has 1 rings (SSSR count). The van der Waals surface area contributed by atoms with Crippen molar-refractivity contribution < 1.29 is 57.0 Å². The molecule has 0 unspecified atom stereocenters. The van der Waals surface area contributed by atoms with E-state index in [9.17, 15) is 14.4 Å². The van der Waals surface area contributed by atoms with Gasteiger partial charge in [-0.05, 0) is 5.56 Å². The maximum atomic E-state index is 12.6. The highest BCUT2D eigenvalue weighted by Crippen LogP contribution is 2.04. The van der Waals surface area contributed by atoms with Crippen molar-refractivity contribution in [3.05, 3.63) is 35.9 Å².